The molecule has 1 aromatic carbocycles. The lowest BCUT2D eigenvalue weighted by atomic mass is 10.0. The number of carboxylic acid groups (broad SMARTS) is 1. The van der Waals surface area contributed by atoms with Gasteiger partial charge in [0.2, 0.25) is 0 Å². The molecular weight excluding hydrogens is 302 g/mol. The molecule has 1 aromatic heterocycles. The van der Waals surface area contributed by atoms with Gasteiger partial charge in [-0.15, -0.1) is 0 Å². The first kappa shape index (κ1) is 16.5. The molecule has 0 aliphatic rings. The van der Waals surface area contributed by atoms with Gasteiger partial charge in [0.25, 0.3) is 17.6 Å². The van der Waals surface area contributed by atoms with Crippen LogP contribution < -0.4 is 10.1 Å². The summed E-state index contributed by atoms with van der Waals surface area (Å²) in [7, 11) is 1.53. The number of amides is 1. The summed E-state index contributed by atoms with van der Waals surface area (Å²) >= 11 is 0. The SMILES string of the molecule is COc1cccc(-c2nc(C(=O)N[C@H](C(=O)O)C(C)C)no2)c1. The number of aliphatic carboxylic acids is 1. The van der Waals surface area contributed by atoms with Crippen molar-refractivity contribution in [1.29, 1.82) is 0 Å². The van der Waals surface area contributed by atoms with Gasteiger partial charge in [0.1, 0.15) is 11.8 Å². The van der Waals surface area contributed by atoms with Gasteiger partial charge in [-0.2, -0.15) is 4.98 Å². The second kappa shape index (κ2) is 6.91. The van der Waals surface area contributed by atoms with E-state index in [4.69, 9.17) is 14.4 Å². The third-order valence-corrected chi connectivity index (χ3v) is 3.17. The fourth-order valence-electron chi connectivity index (χ4n) is 1.91. The van der Waals surface area contributed by atoms with E-state index >= 15 is 0 Å². The summed E-state index contributed by atoms with van der Waals surface area (Å²) in [6, 6.07) is 5.89. The van der Waals surface area contributed by atoms with E-state index in [9.17, 15) is 9.59 Å². The summed E-state index contributed by atoms with van der Waals surface area (Å²) in [6.07, 6.45) is 0. The number of methoxy groups -OCH3 is 1. The molecule has 8 heteroatoms. The third kappa shape index (κ3) is 3.85. The van der Waals surface area contributed by atoms with Crippen LogP contribution in [0.4, 0.5) is 0 Å². The summed E-state index contributed by atoms with van der Waals surface area (Å²) in [4.78, 5) is 27.1. The largest absolute Gasteiger partial charge is 0.497 e. The van der Waals surface area contributed by atoms with Crippen molar-refractivity contribution >= 4 is 11.9 Å². The zero-order chi connectivity index (χ0) is 17.0. The van der Waals surface area contributed by atoms with E-state index in [2.05, 4.69) is 15.5 Å². The molecule has 8 nitrogen and oxygen atoms in total. The monoisotopic (exact) mass is 319 g/mol. The number of aromatic nitrogens is 2. The summed E-state index contributed by atoms with van der Waals surface area (Å²) in [6.45, 7) is 3.38. The Kier molecular flexibility index (Phi) is 4.95. The molecule has 0 bridgehead atoms. The summed E-state index contributed by atoms with van der Waals surface area (Å²) < 4.78 is 10.2. The number of hydrogen-bond acceptors (Lipinski definition) is 6. The molecule has 1 amide bonds. The van der Waals surface area contributed by atoms with Crippen molar-refractivity contribution in [2.75, 3.05) is 7.11 Å². The number of carbonyl (C=O) groups excluding carboxylic acids is 1. The number of nitrogens with one attached hydrogen (secondary N) is 1. The Balaban J connectivity index is 2.18. The Morgan fingerprint density at radius 3 is 2.70 bits per heavy atom. The molecule has 0 aliphatic heterocycles. The molecular formula is C15H17N3O5. The number of carbonyl (C=O) groups is 2. The molecule has 1 atom stereocenters. The highest BCUT2D eigenvalue weighted by atomic mass is 16.5. The van der Waals surface area contributed by atoms with Gasteiger partial charge in [-0.25, -0.2) is 4.79 Å². The highest BCUT2D eigenvalue weighted by molar-refractivity contribution is 5.93. The highest BCUT2D eigenvalue weighted by Gasteiger charge is 2.26. The van der Waals surface area contributed by atoms with Crippen molar-refractivity contribution in [3.8, 4) is 17.2 Å². The number of hydrogen-bond donors (Lipinski definition) is 2. The Morgan fingerprint density at radius 1 is 1.35 bits per heavy atom. The van der Waals surface area contributed by atoms with Crippen LogP contribution in [0.1, 0.15) is 24.5 Å². The third-order valence-electron chi connectivity index (χ3n) is 3.17. The number of benzene rings is 1. The van der Waals surface area contributed by atoms with Crippen LogP contribution >= 0.6 is 0 Å². The molecule has 122 valence electrons. The molecule has 0 saturated heterocycles. The molecule has 2 rings (SSSR count). The van der Waals surface area contributed by atoms with E-state index in [1.54, 1.807) is 38.1 Å². The van der Waals surface area contributed by atoms with Gasteiger partial charge in [0, 0.05) is 5.56 Å². The molecule has 0 aliphatic carbocycles. The molecule has 2 aromatic rings. The van der Waals surface area contributed by atoms with Gasteiger partial charge in [-0.05, 0) is 24.1 Å². The predicted molar refractivity (Wildman–Crippen MR) is 80.0 cm³/mol. The second-order valence-corrected chi connectivity index (χ2v) is 5.19. The maximum Gasteiger partial charge on any atom is 0.326 e. The van der Waals surface area contributed by atoms with Gasteiger partial charge in [0.15, 0.2) is 0 Å². The van der Waals surface area contributed by atoms with Crippen LogP contribution in [0.15, 0.2) is 28.8 Å². The van der Waals surface area contributed by atoms with Crippen LogP contribution in [0.2, 0.25) is 0 Å². The first-order valence-electron chi connectivity index (χ1n) is 6.94. The number of rotatable bonds is 6. The summed E-state index contributed by atoms with van der Waals surface area (Å²) in [5.74, 6) is -1.58. The van der Waals surface area contributed by atoms with Gasteiger partial charge in [0.05, 0.1) is 7.11 Å². The Labute approximate surface area is 132 Å². The van der Waals surface area contributed by atoms with E-state index in [-0.39, 0.29) is 17.6 Å². The normalized spacial score (nSPS) is 12.0. The lowest BCUT2D eigenvalue weighted by Gasteiger charge is -2.16. The van der Waals surface area contributed by atoms with Gasteiger partial charge in [-0.3, -0.25) is 4.79 Å². The van der Waals surface area contributed by atoms with Crippen LogP contribution in [0, 0.1) is 5.92 Å². The molecule has 0 spiro atoms. The van der Waals surface area contributed by atoms with Crippen LogP contribution in [-0.4, -0.2) is 40.3 Å². The minimum Gasteiger partial charge on any atom is -0.497 e. The smallest absolute Gasteiger partial charge is 0.326 e. The topological polar surface area (TPSA) is 115 Å². The molecule has 1 heterocycles. The first-order valence-corrected chi connectivity index (χ1v) is 6.94. The number of ether oxygens (including phenoxy) is 1. The van der Waals surface area contributed by atoms with Crippen LogP contribution in [0.3, 0.4) is 0 Å². The minimum absolute atomic E-state index is 0.144. The van der Waals surface area contributed by atoms with E-state index in [0.29, 0.717) is 11.3 Å². The molecule has 0 unspecified atom stereocenters. The summed E-state index contributed by atoms with van der Waals surface area (Å²) in [5.41, 5.74) is 0.592. The van der Waals surface area contributed by atoms with Gasteiger partial charge in [-0.1, -0.05) is 25.1 Å². The Bertz CT molecular complexity index is 711. The zero-order valence-corrected chi connectivity index (χ0v) is 12.9. The summed E-state index contributed by atoms with van der Waals surface area (Å²) in [5, 5.41) is 15.0. The van der Waals surface area contributed by atoms with E-state index in [1.807, 2.05) is 0 Å². The predicted octanol–water partition coefficient (Wildman–Crippen LogP) is 1.58. The van der Waals surface area contributed by atoms with Crippen molar-refractivity contribution in [1.82, 2.24) is 15.5 Å². The molecule has 0 radical (unpaired) electrons. The van der Waals surface area contributed by atoms with Crippen molar-refractivity contribution < 1.29 is 24.0 Å². The van der Waals surface area contributed by atoms with Crippen LogP contribution in [0.5, 0.6) is 5.75 Å². The van der Waals surface area contributed by atoms with E-state index in [1.165, 1.54) is 7.11 Å². The fourth-order valence-corrected chi connectivity index (χ4v) is 1.91. The minimum atomic E-state index is -1.12. The molecule has 23 heavy (non-hydrogen) atoms. The lowest BCUT2D eigenvalue weighted by Crippen LogP contribution is -2.44. The maximum absolute atomic E-state index is 12.0. The lowest BCUT2D eigenvalue weighted by molar-refractivity contribution is -0.140. The van der Waals surface area contributed by atoms with Crippen molar-refractivity contribution in [2.45, 2.75) is 19.9 Å². The molecule has 0 saturated carbocycles. The fraction of sp³-hybridized carbons (Fsp3) is 0.333. The van der Waals surface area contributed by atoms with E-state index < -0.39 is 17.9 Å². The van der Waals surface area contributed by atoms with E-state index in [0.717, 1.165) is 0 Å². The van der Waals surface area contributed by atoms with Gasteiger partial charge >= 0.3 is 5.97 Å². The van der Waals surface area contributed by atoms with Crippen molar-refractivity contribution in [3.05, 3.63) is 30.1 Å². The first-order chi connectivity index (χ1) is 10.9. The average molecular weight is 319 g/mol. The van der Waals surface area contributed by atoms with Crippen LogP contribution in [-0.2, 0) is 4.79 Å². The zero-order valence-electron chi connectivity index (χ0n) is 12.9. The second-order valence-electron chi connectivity index (χ2n) is 5.19. The van der Waals surface area contributed by atoms with Gasteiger partial charge < -0.3 is 19.7 Å². The van der Waals surface area contributed by atoms with Crippen molar-refractivity contribution in [3.63, 3.8) is 0 Å². The quantitative estimate of drug-likeness (QED) is 0.830. The maximum atomic E-state index is 12.0. The average Bonchev–Trinajstić information content (AvgIpc) is 3.01. The highest BCUT2D eigenvalue weighted by Crippen LogP contribution is 2.22. The van der Waals surface area contributed by atoms with Crippen molar-refractivity contribution in [2.24, 2.45) is 5.92 Å². The standard InChI is InChI=1S/C15H17N3O5/c1-8(2)11(15(20)21)16-13(19)12-17-14(23-18-12)9-5-4-6-10(7-9)22-3/h4-8,11H,1-3H3,(H,16,19)(H,20,21)/t11-/m0/s1. The number of carboxylic acids is 1. The Morgan fingerprint density at radius 2 is 2.09 bits per heavy atom. The molecule has 2 N–H and O–H groups in total. The Hall–Kier alpha value is -2.90. The number of nitrogens with zero attached hydrogens (tertiary/aromatic N) is 2. The van der Waals surface area contributed by atoms with Crippen LogP contribution in [0.25, 0.3) is 11.5 Å². The molecule has 0 fully saturated rings.